The van der Waals surface area contributed by atoms with Crippen LogP contribution in [0.1, 0.15) is 42.6 Å². The third-order valence-electron chi connectivity index (χ3n) is 6.36. The fourth-order valence-electron chi connectivity index (χ4n) is 4.13. The van der Waals surface area contributed by atoms with Crippen molar-refractivity contribution in [2.75, 3.05) is 56.6 Å². The van der Waals surface area contributed by atoms with Crippen LogP contribution in [-0.2, 0) is 22.4 Å². The first kappa shape index (κ1) is 27.8. The molecular formula is C25H37N9O3. The summed E-state index contributed by atoms with van der Waals surface area (Å²) in [6, 6.07) is 3.27. The Hall–Kier alpha value is -3.80. The Morgan fingerprint density at radius 2 is 2.08 bits per heavy atom. The average molecular weight is 512 g/mol. The molecule has 6 N–H and O–H groups in total. The van der Waals surface area contributed by atoms with E-state index >= 15 is 0 Å². The molecule has 12 nitrogen and oxygen atoms in total. The molecule has 2 aromatic heterocycles. The van der Waals surface area contributed by atoms with Crippen LogP contribution in [0.15, 0.2) is 18.5 Å². The molecule has 2 aromatic rings. The monoisotopic (exact) mass is 511 g/mol. The quantitative estimate of drug-likeness (QED) is 0.185. The summed E-state index contributed by atoms with van der Waals surface area (Å²) in [4.78, 5) is 40.5. The van der Waals surface area contributed by atoms with Gasteiger partial charge in [0.05, 0.1) is 6.54 Å². The first-order valence-corrected chi connectivity index (χ1v) is 12.5. The Kier molecular flexibility index (Phi) is 10.1. The van der Waals surface area contributed by atoms with Crippen molar-refractivity contribution in [2.45, 2.75) is 44.6 Å². The second-order valence-electron chi connectivity index (χ2n) is 9.35. The first-order chi connectivity index (χ1) is 17.8. The van der Waals surface area contributed by atoms with E-state index in [-0.39, 0.29) is 36.1 Å². The van der Waals surface area contributed by atoms with Gasteiger partial charge in [-0.1, -0.05) is 6.07 Å². The van der Waals surface area contributed by atoms with Crippen molar-refractivity contribution >= 4 is 35.4 Å². The average Bonchev–Trinajstić information content (AvgIpc) is 2.89. The van der Waals surface area contributed by atoms with Crippen molar-refractivity contribution in [1.82, 2.24) is 24.8 Å². The van der Waals surface area contributed by atoms with E-state index in [0.717, 1.165) is 56.4 Å². The summed E-state index contributed by atoms with van der Waals surface area (Å²) >= 11 is 0. The van der Waals surface area contributed by atoms with Gasteiger partial charge in [0.15, 0.2) is 5.82 Å². The number of carboxylic acid groups (broad SMARTS) is 1. The lowest BCUT2D eigenvalue weighted by molar-refractivity contribution is -0.138. The number of fused-ring (bicyclic) bond motifs is 1. The molecular weight excluding hydrogens is 474 g/mol. The molecule has 3 rings (SSSR count). The van der Waals surface area contributed by atoms with Gasteiger partial charge >= 0.3 is 5.97 Å². The molecule has 0 unspecified atom stereocenters. The molecule has 1 aliphatic rings. The van der Waals surface area contributed by atoms with Crippen LogP contribution in [0.3, 0.4) is 0 Å². The largest absolute Gasteiger partial charge is 0.480 e. The van der Waals surface area contributed by atoms with Crippen molar-refractivity contribution in [3.8, 4) is 0 Å². The van der Waals surface area contributed by atoms with Crippen molar-refractivity contribution in [1.29, 1.82) is 5.41 Å². The van der Waals surface area contributed by atoms with Gasteiger partial charge in [-0.15, -0.1) is 0 Å². The zero-order chi connectivity index (χ0) is 26.8. The summed E-state index contributed by atoms with van der Waals surface area (Å²) in [7, 11) is 3.41. The summed E-state index contributed by atoms with van der Waals surface area (Å²) in [6.45, 7) is 2.21. The lowest BCUT2D eigenvalue weighted by Gasteiger charge is -2.25. The van der Waals surface area contributed by atoms with Crippen molar-refractivity contribution < 1.29 is 14.7 Å². The van der Waals surface area contributed by atoms with Crippen LogP contribution in [0.25, 0.3) is 0 Å². The topological polar surface area (TPSA) is 173 Å². The maximum atomic E-state index is 12.4. The number of amides is 1. The molecule has 0 aliphatic carbocycles. The number of carboxylic acids is 1. The molecule has 0 fully saturated rings. The minimum atomic E-state index is -1.06. The van der Waals surface area contributed by atoms with Crippen molar-refractivity contribution in [2.24, 2.45) is 0 Å². The molecule has 0 radical (unpaired) electrons. The predicted octanol–water partition coefficient (Wildman–Crippen LogP) is 1.48. The van der Waals surface area contributed by atoms with E-state index < -0.39 is 12.0 Å². The Balaban J connectivity index is 1.57. The van der Waals surface area contributed by atoms with Gasteiger partial charge < -0.3 is 31.8 Å². The predicted molar refractivity (Wildman–Crippen MR) is 143 cm³/mol. The van der Waals surface area contributed by atoms with Gasteiger partial charge in [0.1, 0.15) is 29.6 Å². The third-order valence-corrected chi connectivity index (χ3v) is 6.36. The van der Waals surface area contributed by atoms with Gasteiger partial charge in [-0.05, 0) is 56.7 Å². The lowest BCUT2D eigenvalue weighted by Crippen LogP contribution is -2.40. The van der Waals surface area contributed by atoms with Crippen molar-refractivity contribution in [3.63, 3.8) is 0 Å². The molecule has 1 atom stereocenters. The van der Waals surface area contributed by atoms with E-state index in [1.54, 1.807) is 14.1 Å². The van der Waals surface area contributed by atoms with Crippen LogP contribution in [0.5, 0.6) is 0 Å². The number of nitrogen functional groups attached to an aromatic ring is 1. The molecule has 12 heteroatoms. The number of nitrogens with zero attached hydrogens (tertiary/aromatic N) is 5. The summed E-state index contributed by atoms with van der Waals surface area (Å²) in [5.74, 6) is 0.0633. The van der Waals surface area contributed by atoms with E-state index in [2.05, 4.69) is 32.7 Å². The van der Waals surface area contributed by atoms with Crippen LogP contribution < -0.4 is 16.4 Å². The van der Waals surface area contributed by atoms with Gasteiger partial charge in [-0.3, -0.25) is 9.69 Å². The second kappa shape index (κ2) is 13.5. The zero-order valence-corrected chi connectivity index (χ0v) is 21.5. The highest BCUT2D eigenvalue weighted by Gasteiger charge is 2.22. The molecule has 0 aromatic carbocycles. The number of likely N-dealkylation sites (N-methyl/N-ethyl adjacent to an activating group) is 1. The third kappa shape index (κ3) is 8.10. The van der Waals surface area contributed by atoms with E-state index in [4.69, 9.17) is 16.1 Å². The minimum Gasteiger partial charge on any atom is -0.480 e. The van der Waals surface area contributed by atoms with Crippen LogP contribution in [0, 0.1) is 5.41 Å². The standard InChI is InChI=1S/C25H37N9O3/c1-33(2)21(35)15-34(12-4-3-7-18-9-8-17-6-5-11-28-23(17)31-18)13-10-19(25(36)37)32-24-22(27)20(14-26)29-16-30-24/h8-9,14,16,19,26H,3-7,10-13,15,27H2,1-2H3,(H,28,31)(H,36,37)(H,29,30,32)/t19-/m0/s1. The molecule has 1 amide bonds. The van der Waals surface area contributed by atoms with E-state index in [1.807, 2.05) is 4.90 Å². The van der Waals surface area contributed by atoms with Gasteiger partial charge in [-0.25, -0.2) is 19.7 Å². The van der Waals surface area contributed by atoms with Gasteiger partial charge in [-0.2, -0.15) is 0 Å². The number of rotatable bonds is 14. The molecule has 37 heavy (non-hydrogen) atoms. The van der Waals surface area contributed by atoms with Crippen LogP contribution >= 0.6 is 0 Å². The van der Waals surface area contributed by atoms with Gasteiger partial charge in [0, 0.05) is 39.1 Å². The number of aromatic nitrogens is 3. The molecule has 1 aliphatic heterocycles. The number of carbonyl (C=O) groups is 2. The van der Waals surface area contributed by atoms with E-state index in [9.17, 15) is 14.7 Å². The Bertz CT molecular complexity index is 1090. The Morgan fingerprint density at radius 3 is 2.81 bits per heavy atom. The molecule has 0 spiro atoms. The summed E-state index contributed by atoms with van der Waals surface area (Å²) in [6.07, 6.45) is 7.23. The van der Waals surface area contributed by atoms with Crippen LogP contribution in [0.4, 0.5) is 17.3 Å². The number of nitrogens with one attached hydrogen (secondary N) is 3. The number of hydrogen-bond donors (Lipinski definition) is 5. The Morgan fingerprint density at radius 1 is 1.27 bits per heavy atom. The maximum absolute atomic E-state index is 12.4. The fraction of sp³-hybridized carbons (Fsp3) is 0.520. The first-order valence-electron chi connectivity index (χ1n) is 12.5. The maximum Gasteiger partial charge on any atom is 0.326 e. The Labute approximate surface area is 217 Å². The zero-order valence-electron chi connectivity index (χ0n) is 21.5. The van der Waals surface area contributed by atoms with E-state index in [1.165, 1.54) is 16.8 Å². The minimum absolute atomic E-state index is 0.0436. The summed E-state index contributed by atoms with van der Waals surface area (Å²) in [5.41, 5.74) is 8.61. The number of carbonyl (C=O) groups excluding carboxylic acids is 1. The normalized spacial score (nSPS) is 13.4. The highest BCUT2D eigenvalue weighted by molar-refractivity contribution is 5.87. The highest BCUT2D eigenvalue weighted by Crippen LogP contribution is 2.21. The highest BCUT2D eigenvalue weighted by atomic mass is 16.4. The number of hydrogen-bond acceptors (Lipinski definition) is 10. The number of aryl methyl sites for hydroxylation is 2. The number of anilines is 3. The lowest BCUT2D eigenvalue weighted by atomic mass is 10.1. The molecule has 200 valence electrons. The summed E-state index contributed by atoms with van der Waals surface area (Å²) in [5, 5.41) is 23.4. The smallest absolute Gasteiger partial charge is 0.326 e. The van der Waals surface area contributed by atoms with Gasteiger partial charge in [0.25, 0.3) is 0 Å². The number of unbranched alkanes of at least 4 members (excludes halogenated alkanes) is 1. The second-order valence-corrected chi connectivity index (χ2v) is 9.35. The molecule has 0 bridgehead atoms. The van der Waals surface area contributed by atoms with Crippen molar-refractivity contribution in [3.05, 3.63) is 35.4 Å². The number of pyridine rings is 1. The van der Waals surface area contributed by atoms with Gasteiger partial charge in [0.2, 0.25) is 5.91 Å². The fourth-order valence-corrected chi connectivity index (χ4v) is 4.13. The van der Waals surface area contributed by atoms with Crippen LogP contribution in [0.2, 0.25) is 0 Å². The molecule has 3 heterocycles. The van der Waals surface area contributed by atoms with Crippen LogP contribution in [-0.4, -0.2) is 94.3 Å². The number of aliphatic carboxylic acids is 1. The molecule has 0 saturated carbocycles. The molecule has 0 saturated heterocycles. The summed E-state index contributed by atoms with van der Waals surface area (Å²) < 4.78 is 0. The SMILES string of the molecule is CN(C)C(=O)CN(CCCCc1ccc2c(n1)NCCC2)CC[C@H](Nc1ncnc(C=N)c1N)C(=O)O. The number of nitrogens with two attached hydrogens (primary N) is 1. The van der Waals surface area contributed by atoms with E-state index in [0.29, 0.717) is 13.1 Å².